The number of carbonyl (C=O) groups is 1. The monoisotopic (exact) mass is 265 g/mol. The standard InChI is InChI=1S/C15H23NO3/c1-10-6-13(17)7-11(2)16(10)12(8-14(18)19)9-15(3,4)5/h6-7,12H,8-9H2,1-5H3,(H,18,19). The van der Waals surface area contributed by atoms with Crippen LogP contribution < -0.4 is 5.43 Å². The number of aliphatic carboxylic acids is 1. The zero-order valence-electron chi connectivity index (χ0n) is 12.4. The Balaban J connectivity index is 3.24. The first kappa shape index (κ1) is 15.5. The summed E-state index contributed by atoms with van der Waals surface area (Å²) in [5, 5.41) is 9.10. The van der Waals surface area contributed by atoms with E-state index >= 15 is 0 Å². The van der Waals surface area contributed by atoms with E-state index in [9.17, 15) is 9.59 Å². The van der Waals surface area contributed by atoms with E-state index < -0.39 is 5.97 Å². The van der Waals surface area contributed by atoms with E-state index in [0.717, 1.165) is 17.8 Å². The molecular weight excluding hydrogens is 242 g/mol. The van der Waals surface area contributed by atoms with Gasteiger partial charge >= 0.3 is 5.97 Å². The molecule has 1 unspecified atom stereocenters. The van der Waals surface area contributed by atoms with Crippen molar-refractivity contribution in [3.8, 4) is 0 Å². The second-order valence-electron chi connectivity index (χ2n) is 6.36. The van der Waals surface area contributed by atoms with E-state index in [2.05, 4.69) is 20.8 Å². The summed E-state index contributed by atoms with van der Waals surface area (Å²) in [4.78, 5) is 22.5. The number of aromatic nitrogens is 1. The van der Waals surface area contributed by atoms with E-state index in [1.807, 2.05) is 18.4 Å². The second-order valence-corrected chi connectivity index (χ2v) is 6.36. The smallest absolute Gasteiger partial charge is 0.305 e. The molecule has 1 aromatic heterocycles. The Hall–Kier alpha value is -1.58. The highest BCUT2D eigenvalue weighted by Gasteiger charge is 2.24. The Morgan fingerprint density at radius 1 is 1.26 bits per heavy atom. The van der Waals surface area contributed by atoms with Gasteiger partial charge in [0.2, 0.25) is 0 Å². The molecule has 0 aliphatic carbocycles. The van der Waals surface area contributed by atoms with Crippen LogP contribution in [0.2, 0.25) is 0 Å². The van der Waals surface area contributed by atoms with Crippen LogP contribution in [-0.2, 0) is 4.79 Å². The highest BCUT2D eigenvalue weighted by Crippen LogP contribution is 2.31. The maximum atomic E-state index is 11.5. The molecule has 106 valence electrons. The van der Waals surface area contributed by atoms with Gasteiger partial charge in [-0.2, -0.15) is 0 Å². The molecule has 0 saturated carbocycles. The van der Waals surface area contributed by atoms with Gasteiger partial charge in [0.05, 0.1) is 6.42 Å². The first-order valence-electron chi connectivity index (χ1n) is 6.52. The van der Waals surface area contributed by atoms with Crippen molar-refractivity contribution in [2.75, 3.05) is 0 Å². The third-order valence-electron chi connectivity index (χ3n) is 3.09. The predicted octanol–water partition coefficient (Wildman–Crippen LogP) is 2.92. The highest BCUT2D eigenvalue weighted by atomic mass is 16.4. The lowest BCUT2D eigenvalue weighted by Gasteiger charge is -2.30. The third kappa shape index (κ3) is 4.54. The Kier molecular flexibility index (Phi) is 4.56. The lowest BCUT2D eigenvalue weighted by atomic mass is 9.86. The van der Waals surface area contributed by atoms with Gasteiger partial charge in [-0.3, -0.25) is 9.59 Å². The largest absolute Gasteiger partial charge is 0.481 e. The van der Waals surface area contributed by atoms with Gasteiger partial charge in [-0.25, -0.2) is 0 Å². The highest BCUT2D eigenvalue weighted by molar-refractivity contribution is 5.67. The number of nitrogens with zero attached hydrogens (tertiary/aromatic N) is 1. The molecule has 4 nitrogen and oxygen atoms in total. The van der Waals surface area contributed by atoms with Gasteiger partial charge in [0.1, 0.15) is 0 Å². The van der Waals surface area contributed by atoms with Gasteiger partial charge in [-0.1, -0.05) is 20.8 Å². The SMILES string of the molecule is Cc1cc(=O)cc(C)n1C(CC(=O)O)CC(C)(C)C. The van der Waals surface area contributed by atoms with Gasteiger partial charge in [0.25, 0.3) is 0 Å². The second kappa shape index (κ2) is 5.59. The predicted molar refractivity (Wildman–Crippen MR) is 75.5 cm³/mol. The van der Waals surface area contributed by atoms with Crippen LogP contribution >= 0.6 is 0 Å². The fourth-order valence-corrected chi connectivity index (χ4v) is 2.61. The summed E-state index contributed by atoms with van der Waals surface area (Å²) >= 11 is 0. The summed E-state index contributed by atoms with van der Waals surface area (Å²) in [5.41, 5.74) is 1.64. The van der Waals surface area contributed by atoms with Crippen LogP contribution in [0.1, 0.15) is 51.0 Å². The molecule has 4 heteroatoms. The van der Waals surface area contributed by atoms with E-state index in [1.54, 1.807) is 12.1 Å². The summed E-state index contributed by atoms with van der Waals surface area (Å²) in [6.07, 6.45) is 0.825. The normalized spacial score (nSPS) is 13.3. The van der Waals surface area contributed by atoms with Crippen molar-refractivity contribution >= 4 is 5.97 Å². The van der Waals surface area contributed by atoms with Crippen LogP contribution in [0, 0.1) is 19.3 Å². The summed E-state index contributed by atoms with van der Waals surface area (Å²) in [7, 11) is 0. The van der Waals surface area contributed by atoms with E-state index in [4.69, 9.17) is 5.11 Å². The maximum Gasteiger partial charge on any atom is 0.305 e. The Labute approximate surface area is 114 Å². The van der Waals surface area contributed by atoms with Crippen molar-refractivity contribution in [2.24, 2.45) is 5.41 Å². The number of carboxylic acid groups (broad SMARTS) is 1. The average molecular weight is 265 g/mol. The third-order valence-corrected chi connectivity index (χ3v) is 3.09. The minimum Gasteiger partial charge on any atom is -0.481 e. The summed E-state index contributed by atoms with van der Waals surface area (Å²) in [5.74, 6) is -0.813. The number of rotatable bonds is 4. The summed E-state index contributed by atoms with van der Waals surface area (Å²) in [6.45, 7) is 9.98. The number of hydrogen-bond donors (Lipinski definition) is 1. The lowest BCUT2D eigenvalue weighted by molar-refractivity contribution is -0.138. The molecule has 1 atom stereocenters. The number of aryl methyl sites for hydroxylation is 2. The molecule has 1 heterocycles. The molecule has 0 aliphatic rings. The van der Waals surface area contributed by atoms with Crippen molar-refractivity contribution < 1.29 is 9.90 Å². The van der Waals surface area contributed by atoms with Crippen LogP contribution in [0.15, 0.2) is 16.9 Å². The van der Waals surface area contributed by atoms with Crippen LogP contribution in [-0.4, -0.2) is 15.6 Å². The molecule has 1 rings (SSSR count). The van der Waals surface area contributed by atoms with Crippen molar-refractivity contribution in [2.45, 2.75) is 53.5 Å². The molecule has 0 aromatic carbocycles. The molecule has 0 aliphatic heterocycles. The minimum absolute atomic E-state index is 0.0299. The van der Waals surface area contributed by atoms with Gasteiger partial charge in [0.15, 0.2) is 5.43 Å². The maximum absolute atomic E-state index is 11.5. The van der Waals surface area contributed by atoms with Crippen molar-refractivity contribution in [1.29, 1.82) is 0 Å². The fraction of sp³-hybridized carbons (Fsp3) is 0.600. The van der Waals surface area contributed by atoms with Crippen LogP contribution in [0.4, 0.5) is 0 Å². The van der Waals surface area contributed by atoms with Crippen molar-refractivity contribution in [3.05, 3.63) is 33.7 Å². The Morgan fingerprint density at radius 3 is 2.11 bits per heavy atom. The van der Waals surface area contributed by atoms with Crippen LogP contribution in [0.5, 0.6) is 0 Å². The van der Waals surface area contributed by atoms with E-state index in [-0.39, 0.29) is 23.3 Å². The van der Waals surface area contributed by atoms with Gasteiger partial charge in [-0.05, 0) is 25.7 Å². The molecule has 0 bridgehead atoms. The number of hydrogen-bond acceptors (Lipinski definition) is 2. The molecule has 0 amide bonds. The number of carboxylic acids is 1. The molecule has 0 spiro atoms. The molecule has 1 aromatic rings. The average Bonchev–Trinajstić information content (AvgIpc) is 2.10. The molecule has 1 N–H and O–H groups in total. The zero-order chi connectivity index (χ0) is 14.8. The molecule has 0 radical (unpaired) electrons. The Bertz CT molecular complexity index is 497. The molecular formula is C15H23NO3. The quantitative estimate of drug-likeness (QED) is 0.910. The van der Waals surface area contributed by atoms with E-state index in [0.29, 0.717) is 0 Å². The van der Waals surface area contributed by atoms with Crippen LogP contribution in [0.25, 0.3) is 0 Å². The van der Waals surface area contributed by atoms with Crippen LogP contribution in [0.3, 0.4) is 0 Å². The number of pyridine rings is 1. The first-order valence-corrected chi connectivity index (χ1v) is 6.52. The molecule has 19 heavy (non-hydrogen) atoms. The Morgan fingerprint density at radius 2 is 1.74 bits per heavy atom. The lowest BCUT2D eigenvalue weighted by Crippen LogP contribution is -2.24. The van der Waals surface area contributed by atoms with Crippen molar-refractivity contribution in [3.63, 3.8) is 0 Å². The van der Waals surface area contributed by atoms with Gasteiger partial charge < -0.3 is 9.67 Å². The minimum atomic E-state index is -0.813. The zero-order valence-corrected chi connectivity index (χ0v) is 12.4. The molecule has 0 fully saturated rings. The van der Waals surface area contributed by atoms with Gasteiger partial charge in [-0.15, -0.1) is 0 Å². The topological polar surface area (TPSA) is 59.3 Å². The van der Waals surface area contributed by atoms with Gasteiger partial charge in [0, 0.05) is 29.6 Å². The van der Waals surface area contributed by atoms with E-state index in [1.165, 1.54) is 0 Å². The summed E-state index contributed by atoms with van der Waals surface area (Å²) < 4.78 is 1.97. The first-order chi connectivity index (χ1) is 8.60. The van der Waals surface area contributed by atoms with Crippen molar-refractivity contribution in [1.82, 2.24) is 4.57 Å². The summed E-state index contributed by atoms with van der Waals surface area (Å²) in [6, 6.07) is 2.99. The molecule has 0 saturated heterocycles. The fourth-order valence-electron chi connectivity index (χ4n) is 2.61.